The smallest absolute Gasteiger partial charge is 0.235 e. The molecule has 1 unspecified atom stereocenters. The van der Waals surface area contributed by atoms with Crippen molar-refractivity contribution in [3.63, 3.8) is 0 Å². The van der Waals surface area contributed by atoms with Crippen LogP contribution in [0.1, 0.15) is 27.6 Å². The Morgan fingerprint density at radius 2 is 1.89 bits per heavy atom. The zero-order valence-corrected chi connectivity index (χ0v) is 17.1. The number of carbonyl (C=O) groups is 1. The Balaban J connectivity index is 1.71. The van der Waals surface area contributed by atoms with Gasteiger partial charge in [0.2, 0.25) is 11.0 Å². The Labute approximate surface area is 170 Å². The summed E-state index contributed by atoms with van der Waals surface area (Å²) in [5.41, 5.74) is 5.35. The second-order valence-electron chi connectivity index (χ2n) is 6.82. The molecule has 0 bridgehead atoms. The number of nitrogens with one attached hydrogen (secondary N) is 1. The lowest BCUT2D eigenvalue weighted by Crippen LogP contribution is -2.15. The summed E-state index contributed by atoms with van der Waals surface area (Å²) in [7, 11) is 0. The van der Waals surface area contributed by atoms with Gasteiger partial charge < -0.3 is 5.32 Å². The highest BCUT2D eigenvalue weighted by Gasteiger charge is 2.31. The SMILES string of the molecule is Cc1ccccc1C1SCC(=O)Nc2c1c(C)nn2-c1nc2ccccc2s1. The highest BCUT2D eigenvalue weighted by molar-refractivity contribution is 8.00. The molecule has 1 aliphatic heterocycles. The minimum atomic E-state index is -0.00963. The first kappa shape index (κ1) is 17.5. The van der Waals surface area contributed by atoms with Crippen LogP contribution in [0.25, 0.3) is 15.3 Å². The number of carbonyl (C=O) groups excluding carboxylic acids is 1. The van der Waals surface area contributed by atoms with Crippen LogP contribution in [0.4, 0.5) is 5.82 Å². The zero-order chi connectivity index (χ0) is 19.3. The highest BCUT2D eigenvalue weighted by Crippen LogP contribution is 2.45. The standard InChI is InChI=1S/C21H18N4OS2/c1-12-7-3-4-8-14(12)19-18-13(2)24-25(20(18)23-17(26)11-27-19)21-22-15-9-5-6-10-16(15)28-21/h3-10,19H,11H2,1-2H3,(H,23,26). The predicted molar refractivity (Wildman–Crippen MR) is 116 cm³/mol. The molecule has 0 fully saturated rings. The maximum absolute atomic E-state index is 12.5. The molecule has 0 saturated heterocycles. The number of rotatable bonds is 2. The Kier molecular flexibility index (Phi) is 4.21. The third-order valence-corrected chi connectivity index (χ3v) is 7.21. The quantitative estimate of drug-likeness (QED) is 0.516. The number of para-hydroxylation sites is 1. The van der Waals surface area contributed by atoms with Gasteiger partial charge in [-0.05, 0) is 37.1 Å². The fourth-order valence-corrected chi connectivity index (χ4v) is 5.81. The molecule has 0 aliphatic carbocycles. The number of fused-ring (bicyclic) bond motifs is 2. The lowest BCUT2D eigenvalue weighted by Gasteiger charge is -2.17. The molecule has 0 spiro atoms. The normalized spacial score (nSPS) is 16.6. The molecular weight excluding hydrogens is 388 g/mol. The minimum absolute atomic E-state index is 0.00963. The van der Waals surface area contributed by atoms with Gasteiger partial charge in [0.1, 0.15) is 5.82 Å². The van der Waals surface area contributed by atoms with E-state index in [9.17, 15) is 4.79 Å². The average molecular weight is 407 g/mol. The monoisotopic (exact) mass is 406 g/mol. The first-order chi connectivity index (χ1) is 13.6. The summed E-state index contributed by atoms with van der Waals surface area (Å²) in [5, 5.41) is 8.68. The van der Waals surface area contributed by atoms with Crippen molar-refractivity contribution in [1.82, 2.24) is 14.8 Å². The second-order valence-corrected chi connectivity index (χ2v) is 8.92. The molecule has 1 aliphatic rings. The summed E-state index contributed by atoms with van der Waals surface area (Å²) in [6.45, 7) is 4.12. The molecule has 5 nitrogen and oxygen atoms in total. The van der Waals surface area contributed by atoms with Crippen LogP contribution in [0.5, 0.6) is 0 Å². The van der Waals surface area contributed by atoms with E-state index in [1.54, 1.807) is 27.8 Å². The first-order valence-corrected chi connectivity index (χ1v) is 10.9. The van der Waals surface area contributed by atoms with Crippen molar-refractivity contribution in [2.24, 2.45) is 0 Å². The summed E-state index contributed by atoms with van der Waals surface area (Å²) in [6.07, 6.45) is 0. The van der Waals surface area contributed by atoms with Crippen LogP contribution < -0.4 is 5.32 Å². The van der Waals surface area contributed by atoms with Crippen LogP contribution in [0, 0.1) is 13.8 Å². The first-order valence-electron chi connectivity index (χ1n) is 9.04. The summed E-state index contributed by atoms with van der Waals surface area (Å²) in [6, 6.07) is 16.4. The van der Waals surface area contributed by atoms with E-state index in [0.717, 1.165) is 32.4 Å². The van der Waals surface area contributed by atoms with Crippen LogP contribution in [-0.2, 0) is 4.79 Å². The van der Waals surface area contributed by atoms with E-state index in [1.807, 2.05) is 31.2 Å². The molecule has 4 aromatic rings. The van der Waals surface area contributed by atoms with E-state index in [1.165, 1.54) is 11.1 Å². The Morgan fingerprint density at radius 1 is 1.11 bits per heavy atom. The van der Waals surface area contributed by atoms with E-state index >= 15 is 0 Å². The van der Waals surface area contributed by atoms with Crippen LogP contribution in [0.3, 0.4) is 0 Å². The fraction of sp³-hybridized carbons (Fsp3) is 0.190. The number of benzene rings is 2. The van der Waals surface area contributed by atoms with E-state index in [-0.39, 0.29) is 11.2 Å². The molecule has 7 heteroatoms. The van der Waals surface area contributed by atoms with Gasteiger partial charge in [0.25, 0.3) is 0 Å². The van der Waals surface area contributed by atoms with E-state index in [0.29, 0.717) is 5.75 Å². The molecule has 2 aromatic heterocycles. The topological polar surface area (TPSA) is 59.8 Å². The van der Waals surface area contributed by atoms with Crippen LogP contribution in [0.15, 0.2) is 48.5 Å². The molecule has 1 N–H and O–H groups in total. The van der Waals surface area contributed by atoms with Crippen molar-refractivity contribution in [2.45, 2.75) is 19.1 Å². The van der Waals surface area contributed by atoms with Crippen LogP contribution in [-0.4, -0.2) is 26.4 Å². The molecule has 5 rings (SSSR count). The number of aromatic nitrogens is 3. The zero-order valence-electron chi connectivity index (χ0n) is 15.5. The van der Waals surface area contributed by atoms with Gasteiger partial charge in [-0.3, -0.25) is 4.79 Å². The van der Waals surface area contributed by atoms with Gasteiger partial charge in [-0.1, -0.05) is 47.7 Å². The third kappa shape index (κ3) is 2.82. The second kappa shape index (κ2) is 6.76. The average Bonchev–Trinajstić information content (AvgIpc) is 3.19. The summed E-state index contributed by atoms with van der Waals surface area (Å²) < 4.78 is 2.90. The fourth-order valence-electron chi connectivity index (χ4n) is 3.60. The van der Waals surface area contributed by atoms with Gasteiger partial charge in [-0.25, -0.2) is 4.98 Å². The number of hydrogen-bond donors (Lipinski definition) is 1. The van der Waals surface area contributed by atoms with Crippen molar-refractivity contribution >= 4 is 45.0 Å². The Bertz CT molecular complexity index is 1180. The van der Waals surface area contributed by atoms with Gasteiger partial charge in [-0.2, -0.15) is 9.78 Å². The molecule has 1 amide bonds. The predicted octanol–water partition coefficient (Wildman–Crippen LogP) is 4.87. The molecular formula is C21H18N4OS2. The van der Waals surface area contributed by atoms with Gasteiger partial charge in [0, 0.05) is 5.56 Å². The number of thiazole rings is 1. The largest absolute Gasteiger partial charge is 0.310 e. The van der Waals surface area contributed by atoms with E-state index < -0.39 is 0 Å². The number of anilines is 1. The summed E-state index contributed by atoms with van der Waals surface area (Å²) in [4.78, 5) is 17.2. The maximum Gasteiger partial charge on any atom is 0.235 e. The number of hydrogen-bond acceptors (Lipinski definition) is 5. The molecule has 1 atom stereocenters. The van der Waals surface area contributed by atoms with Crippen molar-refractivity contribution in [2.75, 3.05) is 11.1 Å². The Hall–Kier alpha value is -2.64. The molecule has 2 aromatic carbocycles. The third-order valence-electron chi connectivity index (χ3n) is 4.94. The minimum Gasteiger partial charge on any atom is -0.310 e. The van der Waals surface area contributed by atoms with Gasteiger partial charge in [-0.15, -0.1) is 11.8 Å². The van der Waals surface area contributed by atoms with Gasteiger partial charge >= 0.3 is 0 Å². The molecule has 140 valence electrons. The number of amides is 1. The van der Waals surface area contributed by atoms with Crippen molar-refractivity contribution in [3.05, 3.63) is 70.9 Å². The Morgan fingerprint density at radius 3 is 2.71 bits per heavy atom. The van der Waals surface area contributed by atoms with Crippen molar-refractivity contribution in [3.8, 4) is 5.13 Å². The van der Waals surface area contributed by atoms with Crippen molar-refractivity contribution < 1.29 is 4.79 Å². The van der Waals surface area contributed by atoms with Gasteiger partial charge in [0.15, 0.2) is 0 Å². The molecule has 3 heterocycles. The molecule has 0 saturated carbocycles. The lowest BCUT2D eigenvalue weighted by atomic mass is 10.00. The van der Waals surface area contributed by atoms with Crippen LogP contribution >= 0.6 is 23.1 Å². The van der Waals surface area contributed by atoms with Crippen LogP contribution in [0.2, 0.25) is 0 Å². The van der Waals surface area contributed by atoms with Gasteiger partial charge in [0.05, 0.1) is 26.9 Å². The number of aryl methyl sites for hydroxylation is 2. The van der Waals surface area contributed by atoms with E-state index in [4.69, 9.17) is 10.1 Å². The molecule has 28 heavy (non-hydrogen) atoms. The lowest BCUT2D eigenvalue weighted by molar-refractivity contribution is -0.113. The highest BCUT2D eigenvalue weighted by atomic mass is 32.2. The summed E-state index contributed by atoms with van der Waals surface area (Å²) in [5.74, 6) is 1.14. The van der Waals surface area contributed by atoms with Crippen molar-refractivity contribution in [1.29, 1.82) is 0 Å². The van der Waals surface area contributed by atoms with E-state index in [2.05, 4.69) is 36.5 Å². The number of nitrogens with zero attached hydrogens (tertiary/aromatic N) is 3. The molecule has 0 radical (unpaired) electrons. The summed E-state index contributed by atoms with van der Waals surface area (Å²) >= 11 is 3.22. The number of thioether (sulfide) groups is 1. The maximum atomic E-state index is 12.5.